The van der Waals surface area contributed by atoms with E-state index >= 15 is 0 Å². The van der Waals surface area contributed by atoms with E-state index in [1.54, 1.807) is 44.6 Å². The van der Waals surface area contributed by atoms with E-state index in [-0.39, 0.29) is 5.78 Å². The van der Waals surface area contributed by atoms with Gasteiger partial charge in [0.2, 0.25) is 0 Å². The molecule has 0 amide bonds. The lowest BCUT2D eigenvalue weighted by Crippen LogP contribution is -1.99. The van der Waals surface area contributed by atoms with Crippen molar-refractivity contribution in [3.05, 3.63) is 69.7 Å². The van der Waals surface area contributed by atoms with Gasteiger partial charge in [-0.2, -0.15) is 0 Å². The summed E-state index contributed by atoms with van der Waals surface area (Å²) in [6.45, 7) is 0.402. The fourth-order valence-electron chi connectivity index (χ4n) is 2.08. The maximum Gasteiger partial charge on any atom is 0.185 e. The van der Waals surface area contributed by atoms with Gasteiger partial charge in [0.15, 0.2) is 5.78 Å². The molecular weight excluding hydrogens is 344 g/mol. The predicted molar refractivity (Wildman–Crippen MR) is 91.2 cm³/mol. The molecule has 2 rings (SSSR count). The second kappa shape index (κ2) is 7.92. The normalized spacial score (nSPS) is 10.9. The minimum absolute atomic E-state index is 0.0556. The van der Waals surface area contributed by atoms with Crippen LogP contribution in [0, 0.1) is 0 Å². The summed E-state index contributed by atoms with van der Waals surface area (Å²) in [5, 5.41) is 0. The maximum absolute atomic E-state index is 12.3. The molecule has 114 valence electrons. The zero-order chi connectivity index (χ0) is 15.9. The zero-order valence-corrected chi connectivity index (χ0v) is 14.1. The van der Waals surface area contributed by atoms with Crippen LogP contribution in [0.5, 0.6) is 5.75 Å². The summed E-state index contributed by atoms with van der Waals surface area (Å²) < 4.78 is 11.4. The van der Waals surface area contributed by atoms with Crippen LogP contribution in [0.15, 0.2) is 53.0 Å². The van der Waals surface area contributed by atoms with Crippen molar-refractivity contribution >= 4 is 27.8 Å². The summed E-state index contributed by atoms with van der Waals surface area (Å²) in [5.74, 6) is 0.661. The van der Waals surface area contributed by atoms with Crippen molar-refractivity contribution in [1.29, 1.82) is 0 Å². The predicted octanol–water partition coefficient (Wildman–Crippen LogP) is 4.50. The Morgan fingerprint density at radius 2 is 2.00 bits per heavy atom. The minimum Gasteiger partial charge on any atom is -0.496 e. The average Bonchev–Trinajstić information content (AvgIpc) is 2.53. The average molecular weight is 361 g/mol. The largest absolute Gasteiger partial charge is 0.496 e. The molecule has 0 spiro atoms. The molecule has 0 saturated carbocycles. The van der Waals surface area contributed by atoms with Crippen LogP contribution in [0.3, 0.4) is 0 Å². The Morgan fingerprint density at radius 3 is 2.68 bits per heavy atom. The number of ketones is 1. The first-order valence-electron chi connectivity index (χ1n) is 6.78. The Hall–Kier alpha value is -1.91. The Balaban J connectivity index is 2.20. The second-order valence-corrected chi connectivity index (χ2v) is 5.63. The molecule has 4 heteroatoms. The molecule has 0 bridgehead atoms. The van der Waals surface area contributed by atoms with Gasteiger partial charge < -0.3 is 9.47 Å². The van der Waals surface area contributed by atoms with Crippen LogP contribution in [-0.2, 0) is 11.3 Å². The van der Waals surface area contributed by atoms with Crippen molar-refractivity contribution in [2.24, 2.45) is 0 Å². The van der Waals surface area contributed by atoms with Gasteiger partial charge in [-0.15, -0.1) is 0 Å². The number of allylic oxidation sites excluding steroid dienone is 1. The van der Waals surface area contributed by atoms with Crippen molar-refractivity contribution < 1.29 is 14.3 Å². The van der Waals surface area contributed by atoms with Crippen molar-refractivity contribution in [3.8, 4) is 5.75 Å². The smallest absolute Gasteiger partial charge is 0.185 e. The first kappa shape index (κ1) is 16.5. The first-order valence-corrected chi connectivity index (χ1v) is 7.57. The van der Waals surface area contributed by atoms with E-state index in [1.807, 2.05) is 24.3 Å². The van der Waals surface area contributed by atoms with Gasteiger partial charge in [-0.25, -0.2) is 0 Å². The van der Waals surface area contributed by atoms with Gasteiger partial charge in [-0.05, 0) is 42.0 Å². The number of rotatable bonds is 6. The van der Waals surface area contributed by atoms with Crippen molar-refractivity contribution in [2.45, 2.75) is 6.61 Å². The fraction of sp³-hybridized carbons (Fsp3) is 0.167. The van der Waals surface area contributed by atoms with E-state index in [9.17, 15) is 4.79 Å². The highest BCUT2D eigenvalue weighted by atomic mass is 79.9. The van der Waals surface area contributed by atoms with Crippen LogP contribution in [0.1, 0.15) is 21.5 Å². The van der Waals surface area contributed by atoms with Crippen molar-refractivity contribution in [3.63, 3.8) is 0 Å². The highest BCUT2D eigenvalue weighted by Gasteiger charge is 2.08. The summed E-state index contributed by atoms with van der Waals surface area (Å²) in [5.41, 5.74) is 2.43. The Kier molecular flexibility index (Phi) is 5.92. The summed E-state index contributed by atoms with van der Waals surface area (Å²) in [6, 6.07) is 13.1. The first-order chi connectivity index (χ1) is 10.6. The van der Waals surface area contributed by atoms with E-state index < -0.39 is 0 Å². The van der Waals surface area contributed by atoms with Gasteiger partial charge in [-0.3, -0.25) is 4.79 Å². The van der Waals surface area contributed by atoms with Gasteiger partial charge >= 0.3 is 0 Å². The van der Waals surface area contributed by atoms with Crippen LogP contribution in [0.2, 0.25) is 0 Å². The molecule has 0 aliphatic carbocycles. The molecule has 0 unspecified atom stereocenters. The van der Waals surface area contributed by atoms with Gasteiger partial charge in [0.05, 0.1) is 13.7 Å². The number of ether oxygens (including phenoxy) is 2. The van der Waals surface area contributed by atoms with E-state index in [1.165, 1.54) is 0 Å². The summed E-state index contributed by atoms with van der Waals surface area (Å²) in [6.07, 6.45) is 3.37. The lowest BCUT2D eigenvalue weighted by molar-refractivity contribution is 0.104. The lowest BCUT2D eigenvalue weighted by atomic mass is 10.1. The monoisotopic (exact) mass is 360 g/mol. The molecule has 0 aliphatic rings. The Morgan fingerprint density at radius 1 is 1.18 bits per heavy atom. The molecule has 22 heavy (non-hydrogen) atoms. The number of benzene rings is 2. The van der Waals surface area contributed by atoms with E-state index in [4.69, 9.17) is 9.47 Å². The molecule has 3 nitrogen and oxygen atoms in total. The van der Waals surface area contributed by atoms with Gasteiger partial charge in [-0.1, -0.05) is 34.1 Å². The van der Waals surface area contributed by atoms with Crippen molar-refractivity contribution in [2.75, 3.05) is 14.2 Å². The van der Waals surface area contributed by atoms with Crippen LogP contribution >= 0.6 is 15.9 Å². The summed E-state index contributed by atoms with van der Waals surface area (Å²) in [4.78, 5) is 12.3. The quantitative estimate of drug-likeness (QED) is 0.561. The highest BCUT2D eigenvalue weighted by Crippen LogP contribution is 2.21. The molecule has 0 atom stereocenters. The Bertz CT molecular complexity index is 692. The Labute approximate surface area is 138 Å². The van der Waals surface area contributed by atoms with E-state index in [2.05, 4.69) is 15.9 Å². The zero-order valence-electron chi connectivity index (χ0n) is 12.5. The molecule has 0 aliphatic heterocycles. The van der Waals surface area contributed by atoms with Crippen LogP contribution in [-0.4, -0.2) is 20.0 Å². The summed E-state index contributed by atoms with van der Waals surface area (Å²) >= 11 is 3.41. The minimum atomic E-state index is -0.0556. The number of hydrogen-bond donors (Lipinski definition) is 0. The molecule has 0 N–H and O–H groups in total. The van der Waals surface area contributed by atoms with E-state index in [0.29, 0.717) is 12.2 Å². The SMILES string of the molecule is COCc1cc(C(=O)/C=C/c2cccc(Br)c2)ccc1OC. The van der Waals surface area contributed by atoms with Gasteiger partial charge in [0.1, 0.15) is 5.75 Å². The number of methoxy groups -OCH3 is 2. The topological polar surface area (TPSA) is 35.5 Å². The van der Waals surface area contributed by atoms with Gasteiger partial charge in [0, 0.05) is 22.7 Å². The van der Waals surface area contributed by atoms with Crippen LogP contribution < -0.4 is 4.74 Å². The molecule has 0 heterocycles. The number of hydrogen-bond acceptors (Lipinski definition) is 3. The second-order valence-electron chi connectivity index (χ2n) is 4.71. The maximum atomic E-state index is 12.3. The number of carbonyl (C=O) groups is 1. The molecule has 2 aromatic rings. The summed E-state index contributed by atoms with van der Waals surface area (Å²) in [7, 11) is 3.21. The molecule has 0 aromatic heterocycles. The molecule has 0 radical (unpaired) electrons. The van der Waals surface area contributed by atoms with E-state index in [0.717, 1.165) is 21.3 Å². The number of carbonyl (C=O) groups excluding carboxylic acids is 1. The van der Waals surface area contributed by atoms with Crippen molar-refractivity contribution in [1.82, 2.24) is 0 Å². The fourth-order valence-corrected chi connectivity index (χ4v) is 2.50. The third-order valence-electron chi connectivity index (χ3n) is 3.14. The standard InChI is InChI=1S/C18H17BrO3/c1-21-12-15-11-14(7-9-18(15)22-2)17(20)8-6-13-4-3-5-16(19)10-13/h3-11H,12H2,1-2H3/b8-6+. The lowest BCUT2D eigenvalue weighted by Gasteiger charge is -2.08. The number of halogens is 1. The van der Waals surface area contributed by atoms with Gasteiger partial charge in [0.25, 0.3) is 0 Å². The third kappa shape index (κ3) is 4.29. The van der Waals surface area contributed by atoms with Crippen LogP contribution in [0.25, 0.3) is 6.08 Å². The molecule has 2 aromatic carbocycles. The molecule has 0 saturated heterocycles. The molecular formula is C18H17BrO3. The third-order valence-corrected chi connectivity index (χ3v) is 3.63. The van der Waals surface area contributed by atoms with Crippen LogP contribution in [0.4, 0.5) is 0 Å². The molecule has 0 fully saturated rings. The highest BCUT2D eigenvalue weighted by molar-refractivity contribution is 9.10.